The number of hydrogen-bond donors (Lipinski definition) is 1. The zero-order valence-electron chi connectivity index (χ0n) is 15.4. The van der Waals surface area contributed by atoms with E-state index in [0.29, 0.717) is 21.3 Å². The lowest BCUT2D eigenvalue weighted by Gasteiger charge is -2.11. The molecule has 28 heavy (non-hydrogen) atoms. The molecule has 0 bridgehead atoms. The van der Waals surface area contributed by atoms with E-state index in [9.17, 15) is 17.6 Å². The molecule has 6 nitrogen and oxygen atoms in total. The topological polar surface area (TPSA) is 79.4 Å². The summed E-state index contributed by atoms with van der Waals surface area (Å²) in [6, 6.07) is 11.8. The summed E-state index contributed by atoms with van der Waals surface area (Å²) in [4.78, 5) is 17.6. The Morgan fingerprint density at radius 3 is 2.25 bits per heavy atom. The van der Waals surface area contributed by atoms with E-state index in [1.54, 1.807) is 19.1 Å². The van der Waals surface area contributed by atoms with Gasteiger partial charge in [0.15, 0.2) is 0 Å². The molecule has 0 saturated carbocycles. The Hall–Kier alpha value is -2.62. The van der Waals surface area contributed by atoms with E-state index in [1.807, 2.05) is 0 Å². The molecule has 0 saturated heterocycles. The number of hydrogen-bond acceptors (Lipinski definition) is 5. The largest absolute Gasteiger partial charge is 0.321 e. The van der Waals surface area contributed by atoms with E-state index in [-0.39, 0.29) is 16.6 Å². The van der Waals surface area contributed by atoms with E-state index in [2.05, 4.69) is 10.3 Å². The summed E-state index contributed by atoms with van der Waals surface area (Å²) in [5.41, 5.74) is 1.76. The Balaban J connectivity index is 1.79. The minimum atomic E-state index is -3.53. The fourth-order valence-corrected chi connectivity index (χ4v) is 4.30. The van der Waals surface area contributed by atoms with Gasteiger partial charge in [0.1, 0.15) is 15.7 Å². The number of aryl methyl sites for hydroxylation is 1. The quantitative estimate of drug-likeness (QED) is 0.683. The first kappa shape index (κ1) is 20.1. The Labute approximate surface area is 166 Å². The smallest absolute Gasteiger partial charge is 0.267 e. The predicted octanol–water partition coefficient (Wildman–Crippen LogP) is 3.76. The van der Waals surface area contributed by atoms with Crippen molar-refractivity contribution >= 4 is 33.0 Å². The maximum absolute atomic E-state index is 13.1. The third-order valence-electron chi connectivity index (χ3n) is 3.98. The lowest BCUT2D eigenvalue weighted by molar-refractivity contribution is 0.103. The molecule has 0 fully saturated rings. The molecule has 1 aromatic heterocycles. The highest BCUT2D eigenvalue weighted by Gasteiger charge is 2.19. The molecular formula is C19H18FN3O3S2. The predicted molar refractivity (Wildman–Crippen MR) is 108 cm³/mol. The van der Waals surface area contributed by atoms with Gasteiger partial charge in [-0.05, 0) is 55.5 Å². The molecule has 0 spiro atoms. The molecule has 0 aliphatic heterocycles. The summed E-state index contributed by atoms with van der Waals surface area (Å²) in [5.74, 6) is -0.679. The number of amides is 1. The normalized spacial score (nSPS) is 11.6. The van der Waals surface area contributed by atoms with Crippen molar-refractivity contribution in [3.8, 4) is 10.6 Å². The molecule has 0 atom stereocenters. The van der Waals surface area contributed by atoms with E-state index in [4.69, 9.17) is 0 Å². The third kappa shape index (κ3) is 4.11. The summed E-state index contributed by atoms with van der Waals surface area (Å²) >= 11 is 1.21. The Kier molecular flexibility index (Phi) is 5.59. The van der Waals surface area contributed by atoms with Gasteiger partial charge in [0.25, 0.3) is 5.91 Å². The molecular weight excluding hydrogens is 401 g/mol. The van der Waals surface area contributed by atoms with Crippen LogP contribution >= 0.6 is 11.3 Å². The maximum atomic E-state index is 13.1. The zero-order valence-corrected chi connectivity index (χ0v) is 17.1. The monoisotopic (exact) mass is 419 g/mol. The summed E-state index contributed by atoms with van der Waals surface area (Å²) < 4.78 is 38.4. The van der Waals surface area contributed by atoms with Crippen LogP contribution in [0, 0.1) is 12.7 Å². The Morgan fingerprint density at radius 2 is 1.68 bits per heavy atom. The van der Waals surface area contributed by atoms with E-state index in [0.717, 1.165) is 9.87 Å². The summed E-state index contributed by atoms with van der Waals surface area (Å²) in [6.45, 7) is 1.73. The molecule has 3 aromatic rings. The molecule has 0 aliphatic rings. The van der Waals surface area contributed by atoms with Crippen LogP contribution in [0.4, 0.5) is 10.1 Å². The number of carbonyl (C=O) groups excluding carboxylic acids is 1. The van der Waals surface area contributed by atoms with Crippen LogP contribution in [-0.2, 0) is 10.0 Å². The van der Waals surface area contributed by atoms with Crippen LogP contribution in [0.15, 0.2) is 53.4 Å². The van der Waals surface area contributed by atoms with Gasteiger partial charge < -0.3 is 5.32 Å². The van der Waals surface area contributed by atoms with Crippen molar-refractivity contribution in [3.63, 3.8) is 0 Å². The Morgan fingerprint density at radius 1 is 1.07 bits per heavy atom. The van der Waals surface area contributed by atoms with Gasteiger partial charge in [0, 0.05) is 25.3 Å². The molecule has 3 rings (SSSR count). The summed E-state index contributed by atoms with van der Waals surface area (Å²) in [5, 5.41) is 3.36. The van der Waals surface area contributed by atoms with Gasteiger partial charge in [-0.15, -0.1) is 11.3 Å². The number of thiazole rings is 1. The molecule has 1 heterocycles. The van der Waals surface area contributed by atoms with Crippen molar-refractivity contribution < 1.29 is 17.6 Å². The SMILES string of the molecule is Cc1nc(-c2ccc(F)cc2)sc1C(=O)Nc1ccc(S(=O)(=O)N(C)C)cc1. The first-order valence-corrected chi connectivity index (χ1v) is 10.5. The second-order valence-corrected chi connectivity index (χ2v) is 9.36. The highest BCUT2D eigenvalue weighted by Crippen LogP contribution is 2.29. The van der Waals surface area contributed by atoms with Gasteiger partial charge in [0.05, 0.1) is 10.6 Å². The number of aromatic nitrogens is 1. The van der Waals surface area contributed by atoms with Crippen LogP contribution in [0.1, 0.15) is 15.4 Å². The fraction of sp³-hybridized carbons (Fsp3) is 0.158. The second kappa shape index (κ2) is 7.78. The minimum Gasteiger partial charge on any atom is -0.321 e. The first-order chi connectivity index (χ1) is 13.2. The molecule has 0 unspecified atom stereocenters. The third-order valence-corrected chi connectivity index (χ3v) is 7.02. The van der Waals surface area contributed by atoms with Crippen molar-refractivity contribution in [1.29, 1.82) is 0 Å². The highest BCUT2D eigenvalue weighted by molar-refractivity contribution is 7.89. The van der Waals surface area contributed by atoms with Gasteiger partial charge in [-0.25, -0.2) is 22.1 Å². The molecule has 1 N–H and O–H groups in total. The van der Waals surface area contributed by atoms with Crippen LogP contribution in [0.2, 0.25) is 0 Å². The average molecular weight is 420 g/mol. The number of rotatable bonds is 5. The first-order valence-electron chi connectivity index (χ1n) is 8.26. The molecule has 146 valence electrons. The summed E-state index contributed by atoms with van der Waals surface area (Å²) in [7, 11) is -0.616. The van der Waals surface area contributed by atoms with Crippen LogP contribution < -0.4 is 5.32 Å². The van der Waals surface area contributed by atoms with Crippen molar-refractivity contribution in [2.24, 2.45) is 0 Å². The molecule has 9 heteroatoms. The van der Waals surface area contributed by atoms with Crippen molar-refractivity contribution in [2.45, 2.75) is 11.8 Å². The number of halogens is 1. The number of benzene rings is 2. The molecule has 0 aliphatic carbocycles. The highest BCUT2D eigenvalue weighted by atomic mass is 32.2. The molecule has 2 aromatic carbocycles. The van der Waals surface area contributed by atoms with Gasteiger partial charge in [-0.3, -0.25) is 4.79 Å². The molecule has 0 radical (unpaired) electrons. The van der Waals surface area contributed by atoms with Crippen LogP contribution in [-0.4, -0.2) is 37.7 Å². The second-order valence-electron chi connectivity index (χ2n) is 6.21. The minimum absolute atomic E-state index is 0.142. The van der Waals surface area contributed by atoms with Gasteiger partial charge in [-0.2, -0.15) is 0 Å². The van der Waals surface area contributed by atoms with Crippen LogP contribution in [0.25, 0.3) is 10.6 Å². The van der Waals surface area contributed by atoms with Gasteiger partial charge in [-0.1, -0.05) is 0 Å². The maximum Gasteiger partial charge on any atom is 0.267 e. The summed E-state index contributed by atoms with van der Waals surface area (Å²) in [6.07, 6.45) is 0. The van der Waals surface area contributed by atoms with Crippen molar-refractivity contribution in [3.05, 3.63) is 64.9 Å². The van der Waals surface area contributed by atoms with Crippen molar-refractivity contribution in [1.82, 2.24) is 9.29 Å². The fourth-order valence-electron chi connectivity index (χ4n) is 2.43. The molecule has 1 amide bonds. The van der Waals surface area contributed by atoms with Crippen LogP contribution in [0.3, 0.4) is 0 Å². The number of carbonyl (C=O) groups is 1. The number of nitrogens with zero attached hydrogens (tertiary/aromatic N) is 2. The van der Waals surface area contributed by atoms with E-state index < -0.39 is 10.0 Å². The average Bonchev–Trinajstić information content (AvgIpc) is 3.04. The lowest BCUT2D eigenvalue weighted by Crippen LogP contribution is -2.22. The standard InChI is InChI=1S/C19H18FN3O3S2/c1-12-17(27-19(21-12)13-4-6-14(20)7-5-13)18(24)22-15-8-10-16(11-9-15)28(25,26)23(2)3/h4-11H,1-3H3,(H,22,24). The lowest BCUT2D eigenvalue weighted by atomic mass is 10.2. The zero-order chi connectivity index (χ0) is 20.5. The van der Waals surface area contributed by atoms with Gasteiger partial charge in [0.2, 0.25) is 10.0 Å². The Bertz CT molecular complexity index is 1110. The van der Waals surface area contributed by atoms with Crippen LogP contribution in [0.5, 0.6) is 0 Å². The number of anilines is 1. The number of nitrogens with one attached hydrogen (secondary N) is 1. The van der Waals surface area contributed by atoms with E-state index >= 15 is 0 Å². The van der Waals surface area contributed by atoms with E-state index in [1.165, 1.54) is 61.8 Å². The number of sulfonamides is 1. The van der Waals surface area contributed by atoms with Gasteiger partial charge >= 0.3 is 0 Å². The van der Waals surface area contributed by atoms with Crippen molar-refractivity contribution in [2.75, 3.05) is 19.4 Å².